The van der Waals surface area contributed by atoms with E-state index < -0.39 is 5.92 Å². The molecule has 3 fully saturated rings. The molecule has 3 unspecified atom stereocenters. The first kappa shape index (κ1) is 29.6. The topological polar surface area (TPSA) is 63.1 Å². The van der Waals surface area contributed by atoms with Gasteiger partial charge in [0.2, 0.25) is 11.8 Å². The number of nitrogens with one attached hydrogen (secondary N) is 1. The van der Waals surface area contributed by atoms with Gasteiger partial charge in [0.1, 0.15) is 11.6 Å². The molecule has 2 aliphatic heterocycles. The molecule has 39 heavy (non-hydrogen) atoms. The van der Waals surface area contributed by atoms with Gasteiger partial charge in [-0.15, -0.1) is 10.2 Å². The molecule has 2 bridgehead atoms. The first-order valence-corrected chi connectivity index (χ1v) is 15.1. The van der Waals surface area contributed by atoms with Crippen molar-refractivity contribution < 1.29 is 13.6 Å². The molecule has 0 spiro atoms. The number of rotatable bonds is 8. The minimum absolute atomic E-state index is 0.0738. The number of fused-ring (bicyclic) bond motifs is 2. The predicted octanol–water partition coefficient (Wildman–Crippen LogP) is 6.98. The number of halogens is 2. The maximum atomic E-state index is 13.6. The van der Waals surface area contributed by atoms with Crippen LogP contribution in [0.3, 0.4) is 0 Å². The Balaban J connectivity index is 0.00000172. The van der Waals surface area contributed by atoms with Gasteiger partial charge in [0, 0.05) is 49.3 Å². The Morgan fingerprint density at radius 1 is 1.00 bits per heavy atom. The molecule has 0 radical (unpaired) electrons. The zero-order valence-corrected chi connectivity index (χ0v) is 24.4. The fourth-order valence-electron chi connectivity index (χ4n) is 6.93. The average Bonchev–Trinajstić information content (AvgIpc) is 3.43. The first-order chi connectivity index (χ1) is 18.7. The van der Waals surface area contributed by atoms with Crippen molar-refractivity contribution in [3.63, 3.8) is 0 Å². The third-order valence-corrected chi connectivity index (χ3v) is 8.92. The van der Waals surface area contributed by atoms with E-state index >= 15 is 0 Å². The van der Waals surface area contributed by atoms with Crippen molar-refractivity contribution in [2.45, 2.75) is 128 Å². The van der Waals surface area contributed by atoms with Crippen LogP contribution in [-0.2, 0) is 4.79 Å². The highest BCUT2D eigenvalue weighted by Crippen LogP contribution is 2.42. The molecule has 5 rings (SSSR count). The Bertz CT molecular complexity index is 1050. The number of aryl methyl sites for hydroxylation is 1. The van der Waals surface area contributed by atoms with Gasteiger partial charge in [-0.3, -0.25) is 9.69 Å². The number of piperidine rings is 1. The molecule has 1 N–H and O–H groups in total. The number of amides is 1. The highest BCUT2D eigenvalue weighted by molar-refractivity contribution is 5.79. The summed E-state index contributed by atoms with van der Waals surface area (Å²) in [6.07, 6.45) is 5.59. The van der Waals surface area contributed by atoms with Crippen LogP contribution in [-0.4, -0.2) is 50.1 Å². The Labute approximate surface area is 232 Å². The Hall–Kier alpha value is -2.35. The molecule has 8 heteroatoms. The van der Waals surface area contributed by atoms with Crippen molar-refractivity contribution >= 4 is 5.91 Å². The van der Waals surface area contributed by atoms with Gasteiger partial charge in [0.15, 0.2) is 0 Å². The average molecular weight is 544 g/mol. The predicted molar refractivity (Wildman–Crippen MR) is 151 cm³/mol. The standard InChI is InChI=1S/C29H41F2N5O.C2H6/c1-19(2)27-34-33-20(3)36(27)25-17-23-9-10-24(18-25)35(23)16-13-26(21-7-5-4-6-8-21)32-28(37)22-11-14-29(30,31)15-12-22;1-2/h4-8,19,22-26H,9-18H2,1-3H3,(H,32,37);1-2H3. The van der Waals surface area contributed by atoms with Gasteiger partial charge in [-0.2, -0.15) is 0 Å². The molecular formula is C31H47F2N5O. The second-order valence-corrected chi connectivity index (χ2v) is 11.8. The second kappa shape index (κ2) is 12.9. The van der Waals surface area contributed by atoms with E-state index in [4.69, 9.17) is 0 Å². The first-order valence-electron chi connectivity index (χ1n) is 15.1. The fourth-order valence-corrected chi connectivity index (χ4v) is 6.93. The van der Waals surface area contributed by atoms with Crippen LogP contribution in [0, 0.1) is 12.8 Å². The number of alkyl halides is 2. The van der Waals surface area contributed by atoms with Gasteiger partial charge >= 0.3 is 0 Å². The lowest BCUT2D eigenvalue weighted by atomic mass is 9.86. The quantitative estimate of drug-likeness (QED) is 0.390. The summed E-state index contributed by atoms with van der Waals surface area (Å²) in [5, 5.41) is 12.1. The maximum Gasteiger partial charge on any atom is 0.248 e. The molecule has 1 aliphatic carbocycles. The largest absolute Gasteiger partial charge is 0.349 e. The van der Waals surface area contributed by atoms with Crippen molar-refractivity contribution in [2.24, 2.45) is 5.92 Å². The minimum atomic E-state index is -2.62. The van der Waals surface area contributed by atoms with Gasteiger partial charge in [-0.25, -0.2) is 8.78 Å². The molecular weight excluding hydrogens is 496 g/mol. The number of aromatic nitrogens is 3. The molecule has 2 saturated heterocycles. The van der Waals surface area contributed by atoms with Crippen LogP contribution in [0.4, 0.5) is 8.78 Å². The third kappa shape index (κ3) is 6.87. The number of benzene rings is 1. The van der Waals surface area contributed by atoms with Crippen LogP contribution in [0.2, 0.25) is 0 Å². The minimum Gasteiger partial charge on any atom is -0.349 e. The number of hydrogen-bond donors (Lipinski definition) is 1. The summed E-state index contributed by atoms with van der Waals surface area (Å²) in [6, 6.07) is 11.5. The Kier molecular flexibility index (Phi) is 9.78. The zero-order chi connectivity index (χ0) is 28.2. The number of nitrogens with zero attached hydrogens (tertiary/aromatic N) is 4. The Morgan fingerprint density at radius 2 is 1.62 bits per heavy atom. The van der Waals surface area contributed by atoms with Crippen molar-refractivity contribution in [1.82, 2.24) is 25.0 Å². The van der Waals surface area contributed by atoms with Crippen LogP contribution < -0.4 is 5.32 Å². The van der Waals surface area contributed by atoms with Crippen molar-refractivity contribution in [2.75, 3.05) is 6.54 Å². The van der Waals surface area contributed by atoms with E-state index in [0.717, 1.165) is 43.0 Å². The SMILES string of the molecule is CC.Cc1nnc(C(C)C)n1C1CC2CCC(C1)N2CCC(NC(=O)C1CCC(F)(F)CC1)c1ccccc1. The zero-order valence-electron chi connectivity index (χ0n) is 24.4. The van der Waals surface area contributed by atoms with E-state index in [1.165, 1.54) is 12.8 Å². The lowest BCUT2D eigenvalue weighted by molar-refractivity contribution is -0.130. The summed E-state index contributed by atoms with van der Waals surface area (Å²) in [7, 11) is 0. The van der Waals surface area contributed by atoms with Crippen LogP contribution >= 0.6 is 0 Å². The van der Waals surface area contributed by atoms with Gasteiger partial charge in [0.05, 0.1) is 6.04 Å². The van der Waals surface area contributed by atoms with Gasteiger partial charge in [-0.1, -0.05) is 58.0 Å². The molecule has 1 aromatic carbocycles. The summed E-state index contributed by atoms with van der Waals surface area (Å²) in [4.78, 5) is 15.8. The van der Waals surface area contributed by atoms with Gasteiger partial charge in [-0.05, 0) is 57.4 Å². The normalized spacial score (nSPS) is 25.7. The smallest absolute Gasteiger partial charge is 0.248 e. The maximum absolute atomic E-state index is 13.6. The van der Waals surface area contributed by atoms with Gasteiger partial charge < -0.3 is 9.88 Å². The molecule has 2 aromatic rings. The monoisotopic (exact) mass is 543 g/mol. The van der Waals surface area contributed by atoms with E-state index in [-0.39, 0.29) is 43.6 Å². The van der Waals surface area contributed by atoms with Crippen LogP contribution in [0.25, 0.3) is 0 Å². The fraction of sp³-hybridized carbons (Fsp3) is 0.710. The van der Waals surface area contributed by atoms with Crippen LogP contribution in [0.15, 0.2) is 30.3 Å². The summed E-state index contributed by atoms with van der Waals surface area (Å²) in [5.41, 5.74) is 1.08. The van der Waals surface area contributed by atoms with Crippen molar-refractivity contribution in [3.8, 4) is 0 Å². The Morgan fingerprint density at radius 3 is 2.21 bits per heavy atom. The van der Waals surface area contributed by atoms with Crippen LogP contribution in [0.5, 0.6) is 0 Å². The van der Waals surface area contributed by atoms with E-state index in [9.17, 15) is 13.6 Å². The summed E-state index contributed by atoms with van der Waals surface area (Å²) in [5.74, 6) is -0.572. The molecule has 3 aliphatic rings. The lowest BCUT2D eigenvalue weighted by Crippen LogP contribution is -2.45. The second-order valence-electron chi connectivity index (χ2n) is 11.8. The summed E-state index contributed by atoms with van der Waals surface area (Å²) in [6.45, 7) is 11.3. The number of carbonyl (C=O) groups is 1. The van der Waals surface area contributed by atoms with Crippen molar-refractivity contribution in [1.29, 1.82) is 0 Å². The molecule has 1 aromatic heterocycles. The number of hydrogen-bond acceptors (Lipinski definition) is 4. The van der Waals surface area contributed by atoms with Crippen molar-refractivity contribution in [3.05, 3.63) is 47.5 Å². The van der Waals surface area contributed by atoms with E-state index in [1.807, 2.05) is 32.0 Å². The molecule has 216 valence electrons. The molecule has 1 saturated carbocycles. The van der Waals surface area contributed by atoms with E-state index in [1.54, 1.807) is 0 Å². The molecule has 6 nitrogen and oxygen atoms in total. The van der Waals surface area contributed by atoms with Crippen LogP contribution in [0.1, 0.15) is 121 Å². The van der Waals surface area contributed by atoms with E-state index in [0.29, 0.717) is 24.0 Å². The highest BCUT2D eigenvalue weighted by atomic mass is 19.3. The third-order valence-electron chi connectivity index (χ3n) is 8.92. The van der Waals surface area contributed by atoms with Gasteiger partial charge in [0.25, 0.3) is 0 Å². The molecule has 1 amide bonds. The highest BCUT2D eigenvalue weighted by Gasteiger charge is 2.42. The van der Waals surface area contributed by atoms with E-state index in [2.05, 4.69) is 57.9 Å². The molecule has 3 atom stereocenters. The summed E-state index contributed by atoms with van der Waals surface area (Å²) < 4.78 is 29.6. The molecule has 3 heterocycles. The number of carbonyl (C=O) groups excluding carboxylic acids is 1. The lowest BCUT2D eigenvalue weighted by Gasteiger charge is -2.40. The summed E-state index contributed by atoms with van der Waals surface area (Å²) >= 11 is 0.